The fourth-order valence-electron chi connectivity index (χ4n) is 3.58. The molecule has 0 aliphatic heterocycles. The SMILES string of the molecule is CC(C)c1cccc(C(C)C)c1CN=CCc1ccc2ccccc2c1. The van der Waals surface area contributed by atoms with Crippen molar-refractivity contribution in [2.75, 3.05) is 0 Å². The number of fused-ring (bicyclic) bond motifs is 1. The fourth-order valence-corrected chi connectivity index (χ4v) is 3.58. The predicted molar refractivity (Wildman–Crippen MR) is 114 cm³/mol. The first-order chi connectivity index (χ1) is 12.6. The molecular weight excluding hydrogens is 314 g/mol. The van der Waals surface area contributed by atoms with Crippen molar-refractivity contribution >= 4 is 17.0 Å². The molecule has 3 aromatic carbocycles. The van der Waals surface area contributed by atoms with Crippen molar-refractivity contribution in [3.63, 3.8) is 0 Å². The standard InChI is InChI=1S/C25H29N/c1-18(2)23-10-7-11-24(19(3)4)25(23)17-26-15-14-20-12-13-21-8-5-6-9-22(21)16-20/h5-13,15-16,18-19H,14,17H2,1-4H3. The zero-order chi connectivity index (χ0) is 18.5. The Morgan fingerprint density at radius 3 is 2.08 bits per heavy atom. The summed E-state index contributed by atoms with van der Waals surface area (Å²) in [5.41, 5.74) is 5.58. The molecule has 0 heterocycles. The van der Waals surface area contributed by atoms with Crippen LogP contribution in [0.4, 0.5) is 0 Å². The van der Waals surface area contributed by atoms with Crippen molar-refractivity contribution in [3.8, 4) is 0 Å². The first-order valence-electron chi connectivity index (χ1n) is 9.64. The zero-order valence-corrected chi connectivity index (χ0v) is 16.4. The normalized spacial score (nSPS) is 11.9. The Kier molecular flexibility index (Phi) is 5.88. The van der Waals surface area contributed by atoms with E-state index < -0.39 is 0 Å². The van der Waals surface area contributed by atoms with Gasteiger partial charge < -0.3 is 0 Å². The molecule has 0 amide bonds. The molecule has 1 nitrogen and oxygen atoms in total. The van der Waals surface area contributed by atoms with Crippen molar-refractivity contribution in [1.29, 1.82) is 0 Å². The topological polar surface area (TPSA) is 12.4 Å². The smallest absolute Gasteiger partial charge is 0.0641 e. The lowest BCUT2D eigenvalue weighted by Crippen LogP contribution is -2.03. The van der Waals surface area contributed by atoms with Crippen LogP contribution < -0.4 is 0 Å². The Bertz CT molecular complexity index is 877. The highest BCUT2D eigenvalue weighted by atomic mass is 14.7. The van der Waals surface area contributed by atoms with Crippen molar-refractivity contribution in [2.24, 2.45) is 4.99 Å². The molecule has 0 spiro atoms. The second-order valence-corrected chi connectivity index (χ2v) is 7.63. The Hall–Kier alpha value is -2.41. The third kappa shape index (κ3) is 4.22. The molecule has 0 fully saturated rings. The lowest BCUT2D eigenvalue weighted by Gasteiger charge is -2.18. The van der Waals surface area contributed by atoms with E-state index in [1.54, 1.807) is 0 Å². The van der Waals surface area contributed by atoms with Gasteiger partial charge in [-0.1, -0.05) is 88.4 Å². The minimum absolute atomic E-state index is 0.527. The molecule has 0 atom stereocenters. The van der Waals surface area contributed by atoms with Crippen LogP contribution in [0.15, 0.2) is 65.7 Å². The summed E-state index contributed by atoms with van der Waals surface area (Å²) in [5.74, 6) is 1.05. The van der Waals surface area contributed by atoms with Crippen LogP contribution in [0.1, 0.15) is 61.8 Å². The highest BCUT2D eigenvalue weighted by Crippen LogP contribution is 2.28. The Morgan fingerprint density at radius 2 is 1.42 bits per heavy atom. The largest absolute Gasteiger partial charge is 0.292 e. The van der Waals surface area contributed by atoms with Crippen molar-refractivity contribution in [3.05, 3.63) is 82.9 Å². The fraction of sp³-hybridized carbons (Fsp3) is 0.320. The average molecular weight is 344 g/mol. The third-order valence-electron chi connectivity index (χ3n) is 5.01. The molecule has 0 saturated heterocycles. The third-order valence-corrected chi connectivity index (χ3v) is 5.01. The number of nitrogens with zero attached hydrogens (tertiary/aromatic N) is 1. The number of benzene rings is 3. The molecular formula is C25H29N. The van der Waals surface area contributed by atoms with E-state index >= 15 is 0 Å². The first kappa shape index (κ1) is 18.4. The van der Waals surface area contributed by atoms with Crippen molar-refractivity contribution in [1.82, 2.24) is 0 Å². The van der Waals surface area contributed by atoms with Crippen LogP contribution in [-0.2, 0) is 13.0 Å². The maximum atomic E-state index is 4.78. The second-order valence-electron chi connectivity index (χ2n) is 7.63. The van der Waals surface area contributed by atoms with Gasteiger partial charge in [-0.3, -0.25) is 4.99 Å². The summed E-state index contributed by atoms with van der Waals surface area (Å²) in [6.45, 7) is 9.84. The minimum Gasteiger partial charge on any atom is -0.292 e. The van der Waals surface area contributed by atoms with E-state index in [1.807, 2.05) is 0 Å². The summed E-state index contributed by atoms with van der Waals surface area (Å²) in [4.78, 5) is 4.78. The summed E-state index contributed by atoms with van der Waals surface area (Å²) < 4.78 is 0. The molecule has 0 bridgehead atoms. The maximum absolute atomic E-state index is 4.78. The van der Waals surface area contributed by atoms with Gasteiger partial charge in [-0.05, 0) is 44.9 Å². The van der Waals surface area contributed by atoms with Gasteiger partial charge in [-0.2, -0.15) is 0 Å². The monoisotopic (exact) mass is 343 g/mol. The van der Waals surface area contributed by atoms with Crippen LogP contribution in [0.5, 0.6) is 0 Å². The van der Waals surface area contributed by atoms with Gasteiger partial charge in [0.1, 0.15) is 0 Å². The molecule has 26 heavy (non-hydrogen) atoms. The van der Waals surface area contributed by atoms with Crippen LogP contribution in [0.3, 0.4) is 0 Å². The van der Waals surface area contributed by atoms with E-state index in [-0.39, 0.29) is 0 Å². The number of rotatable bonds is 6. The van der Waals surface area contributed by atoms with Crippen molar-refractivity contribution in [2.45, 2.75) is 52.5 Å². The van der Waals surface area contributed by atoms with E-state index in [4.69, 9.17) is 4.99 Å². The molecule has 134 valence electrons. The van der Waals surface area contributed by atoms with E-state index in [0.717, 1.165) is 13.0 Å². The highest BCUT2D eigenvalue weighted by Gasteiger charge is 2.12. The minimum atomic E-state index is 0.527. The Labute approximate surface area is 157 Å². The number of hydrogen-bond acceptors (Lipinski definition) is 1. The van der Waals surface area contributed by atoms with Gasteiger partial charge in [0.25, 0.3) is 0 Å². The Morgan fingerprint density at radius 1 is 0.769 bits per heavy atom. The quantitative estimate of drug-likeness (QED) is 0.432. The molecule has 0 unspecified atom stereocenters. The first-order valence-corrected chi connectivity index (χ1v) is 9.64. The van der Waals surface area contributed by atoms with Crippen LogP contribution in [-0.4, -0.2) is 6.21 Å². The van der Waals surface area contributed by atoms with Gasteiger partial charge in [0.2, 0.25) is 0 Å². The molecule has 0 saturated carbocycles. The number of aliphatic imine (C=N–C) groups is 1. The van der Waals surface area contributed by atoms with Crippen LogP contribution in [0, 0.1) is 0 Å². The zero-order valence-electron chi connectivity index (χ0n) is 16.4. The lowest BCUT2D eigenvalue weighted by atomic mass is 9.89. The lowest BCUT2D eigenvalue weighted by molar-refractivity contribution is 0.795. The molecule has 3 rings (SSSR count). The molecule has 0 aliphatic carbocycles. The van der Waals surface area contributed by atoms with Gasteiger partial charge in [0.05, 0.1) is 6.54 Å². The summed E-state index contributed by atoms with van der Waals surface area (Å²) in [7, 11) is 0. The van der Waals surface area contributed by atoms with Gasteiger partial charge in [-0.15, -0.1) is 0 Å². The van der Waals surface area contributed by atoms with E-state index in [1.165, 1.54) is 33.0 Å². The molecule has 3 aromatic rings. The van der Waals surface area contributed by atoms with E-state index in [2.05, 4.69) is 94.6 Å². The molecule has 0 N–H and O–H groups in total. The summed E-state index contributed by atoms with van der Waals surface area (Å²) in [6.07, 6.45) is 2.96. The van der Waals surface area contributed by atoms with Gasteiger partial charge in [-0.25, -0.2) is 0 Å². The predicted octanol–water partition coefficient (Wildman–Crippen LogP) is 6.90. The van der Waals surface area contributed by atoms with Crippen molar-refractivity contribution < 1.29 is 0 Å². The average Bonchev–Trinajstić information content (AvgIpc) is 2.64. The molecule has 1 heteroatoms. The van der Waals surface area contributed by atoms with Gasteiger partial charge >= 0.3 is 0 Å². The van der Waals surface area contributed by atoms with Gasteiger partial charge in [0, 0.05) is 12.6 Å². The van der Waals surface area contributed by atoms with Crippen LogP contribution in [0.25, 0.3) is 10.8 Å². The van der Waals surface area contributed by atoms with E-state index in [0.29, 0.717) is 11.8 Å². The summed E-state index contributed by atoms with van der Waals surface area (Å²) in [5, 5.41) is 2.59. The summed E-state index contributed by atoms with van der Waals surface area (Å²) >= 11 is 0. The Balaban J connectivity index is 1.75. The van der Waals surface area contributed by atoms with Gasteiger partial charge in [0.15, 0.2) is 0 Å². The molecule has 0 aromatic heterocycles. The maximum Gasteiger partial charge on any atom is 0.0641 e. The van der Waals surface area contributed by atoms with Crippen LogP contribution in [0.2, 0.25) is 0 Å². The highest BCUT2D eigenvalue weighted by molar-refractivity contribution is 5.83. The molecule has 0 radical (unpaired) electrons. The number of hydrogen-bond donors (Lipinski definition) is 0. The summed E-state index contributed by atoms with van der Waals surface area (Å²) in [6, 6.07) is 21.9. The second kappa shape index (κ2) is 8.31. The van der Waals surface area contributed by atoms with E-state index in [9.17, 15) is 0 Å². The molecule has 0 aliphatic rings. The van der Waals surface area contributed by atoms with Crippen LogP contribution >= 0.6 is 0 Å².